The van der Waals surface area contributed by atoms with Crippen LogP contribution in [0.5, 0.6) is 0 Å². The summed E-state index contributed by atoms with van der Waals surface area (Å²) in [6.07, 6.45) is 0. The van der Waals surface area contributed by atoms with Gasteiger partial charge in [0.15, 0.2) is 0 Å². The summed E-state index contributed by atoms with van der Waals surface area (Å²) >= 11 is 13.2. The zero-order chi connectivity index (χ0) is 21.7. The Balaban J connectivity index is 1.59. The fourth-order valence-corrected chi connectivity index (χ4v) is 3.91. The van der Waals surface area contributed by atoms with E-state index in [2.05, 4.69) is 10.6 Å². The Kier molecular flexibility index (Phi) is 7.37. The van der Waals surface area contributed by atoms with Gasteiger partial charge in [-0.05, 0) is 61.5 Å². The predicted octanol–water partition coefficient (Wildman–Crippen LogP) is 6.50. The number of para-hydroxylation sites is 1. The average molecular weight is 463 g/mol. The Labute approximate surface area is 187 Å². The summed E-state index contributed by atoms with van der Waals surface area (Å²) in [7, 11) is 0. The molecular formula is C22H17Cl2FN2O2S. The third-order valence-electron chi connectivity index (χ3n) is 4.10. The molecule has 0 radical (unpaired) electrons. The van der Waals surface area contributed by atoms with Crippen molar-refractivity contribution in [1.29, 1.82) is 0 Å². The maximum atomic E-state index is 13.7. The highest BCUT2D eigenvalue weighted by Gasteiger charge is 2.16. The highest BCUT2D eigenvalue weighted by molar-refractivity contribution is 8.00. The summed E-state index contributed by atoms with van der Waals surface area (Å²) in [6, 6.07) is 17.7. The minimum atomic E-state index is -0.482. The lowest BCUT2D eigenvalue weighted by Gasteiger charge is -2.13. The summed E-state index contributed by atoms with van der Waals surface area (Å²) in [4.78, 5) is 25.5. The number of amides is 2. The van der Waals surface area contributed by atoms with Crippen molar-refractivity contribution in [3.05, 3.63) is 88.2 Å². The van der Waals surface area contributed by atoms with Gasteiger partial charge in [-0.25, -0.2) is 4.39 Å². The number of anilines is 2. The molecule has 0 spiro atoms. The zero-order valence-electron chi connectivity index (χ0n) is 15.8. The number of rotatable bonds is 6. The van der Waals surface area contributed by atoms with Gasteiger partial charge in [-0.2, -0.15) is 0 Å². The van der Waals surface area contributed by atoms with Crippen molar-refractivity contribution in [1.82, 2.24) is 0 Å². The lowest BCUT2D eigenvalue weighted by atomic mass is 10.2. The second-order valence-electron chi connectivity index (χ2n) is 6.33. The zero-order valence-corrected chi connectivity index (χ0v) is 18.1. The van der Waals surface area contributed by atoms with E-state index in [1.807, 2.05) is 0 Å². The molecule has 0 heterocycles. The molecule has 0 bridgehead atoms. The Morgan fingerprint density at radius 2 is 1.67 bits per heavy atom. The van der Waals surface area contributed by atoms with Gasteiger partial charge in [-0.3, -0.25) is 9.59 Å². The van der Waals surface area contributed by atoms with Crippen molar-refractivity contribution in [2.24, 2.45) is 0 Å². The van der Waals surface area contributed by atoms with Crippen LogP contribution in [0.2, 0.25) is 10.0 Å². The molecule has 2 N–H and O–H groups in total. The number of thioether (sulfide) groups is 1. The number of carbonyl (C=O) groups excluding carboxylic acids is 2. The predicted molar refractivity (Wildman–Crippen MR) is 121 cm³/mol. The standard InChI is InChI=1S/C22H17Cl2FN2O2S/c1-13(21(28)27-20-5-3-2-4-19(20)25)30-16-9-7-15(8-10-16)26-22(29)17-11-6-14(23)12-18(17)24/h2-13H,1H3,(H,26,29)(H,27,28). The normalized spacial score (nSPS) is 11.6. The largest absolute Gasteiger partial charge is 0.323 e. The van der Waals surface area contributed by atoms with E-state index in [1.165, 1.54) is 30.0 Å². The number of nitrogens with one attached hydrogen (secondary N) is 2. The fraction of sp³-hybridized carbons (Fsp3) is 0.0909. The van der Waals surface area contributed by atoms with Crippen LogP contribution < -0.4 is 10.6 Å². The highest BCUT2D eigenvalue weighted by Crippen LogP contribution is 2.27. The lowest BCUT2D eigenvalue weighted by molar-refractivity contribution is -0.115. The molecule has 4 nitrogen and oxygen atoms in total. The van der Waals surface area contributed by atoms with Crippen LogP contribution in [0.3, 0.4) is 0 Å². The molecule has 0 aliphatic carbocycles. The minimum absolute atomic E-state index is 0.147. The van der Waals surface area contributed by atoms with Crippen LogP contribution in [0.1, 0.15) is 17.3 Å². The Morgan fingerprint density at radius 1 is 0.967 bits per heavy atom. The Bertz CT molecular complexity index is 1080. The second-order valence-corrected chi connectivity index (χ2v) is 8.59. The van der Waals surface area contributed by atoms with Crippen molar-refractivity contribution in [3.63, 3.8) is 0 Å². The highest BCUT2D eigenvalue weighted by atomic mass is 35.5. The second kappa shape index (κ2) is 9.98. The van der Waals surface area contributed by atoms with Crippen LogP contribution in [0.25, 0.3) is 0 Å². The van der Waals surface area contributed by atoms with Gasteiger partial charge in [-0.1, -0.05) is 35.3 Å². The van der Waals surface area contributed by atoms with Gasteiger partial charge in [0.05, 0.1) is 21.5 Å². The van der Waals surface area contributed by atoms with E-state index in [1.54, 1.807) is 55.5 Å². The van der Waals surface area contributed by atoms with E-state index in [-0.39, 0.29) is 22.5 Å². The number of hydrogen-bond acceptors (Lipinski definition) is 3. The molecule has 3 rings (SSSR count). The van der Waals surface area contributed by atoms with Crippen molar-refractivity contribution in [2.75, 3.05) is 10.6 Å². The average Bonchev–Trinajstić information content (AvgIpc) is 2.71. The molecule has 0 fully saturated rings. The first-order valence-corrected chi connectivity index (χ1v) is 10.6. The van der Waals surface area contributed by atoms with E-state index in [9.17, 15) is 14.0 Å². The van der Waals surface area contributed by atoms with Crippen LogP contribution in [0.15, 0.2) is 71.6 Å². The molecule has 0 saturated heterocycles. The summed E-state index contributed by atoms with van der Waals surface area (Å²) in [5.74, 6) is -1.14. The first-order valence-electron chi connectivity index (χ1n) is 8.92. The first-order chi connectivity index (χ1) is 14.3. The van der Waals surface area contributed by atoms with E-state index in [0.29, 0.717) is 16.3 Å². The molecule has 154 valence electrons. The lowest BCUT2D eigenvalue weighted by Crippen LogP contribution is -2.22. The molecule has 0 saturated carbocycles. The van der Waals surface area contributed by atoms with Gasteiger partial charge in [0.25, 0.3) is 5.91 Å². The molecule has 0 aromatic heterocycles. The van der Waals surface area contributed by atoms with Crippen LogP contribution in [0, 0.1) is 5.82 Å². The molecule has 0 aliphatic rings. The molecule has 3 aromatic carbocycles. The van der Waals surface area contributed by atoms with Crippen LogP contribution >= 0.6 is 35.0 Å². The summed E-state index contributed by atoms with van der Waals surface area (Å²) in [6.45, 7) is 1.74. The van der Waals surface area contributed by atoms with Gasteiger partial charge >= 0.3 is 0 Å². The summed E-state index contributed by atoms with van der Waals surface area (Å²) in [5.41, 5.74) is 1.05. The van der Waals surface area contributed by atoms with Crippen molar-refractivity contribution >= 4 is 58.2 Å². The maximum Gasteiger partial charge on any atom is 0.257 e. The van der Waals surface area contributed by atoms with E-state index >= 15 is 0 Å². The van der Waals surface area contributed by atoms with Crippen molar-refractivity contribution < 1.29 is 14.0 Å². The molecule has 1 unspecified atom stereocenters. The quantitative estimate of drug-likeness (QED) is 0.410. The fourth-order valence-electron chi connectivity index (χ4n) is 2.54. The van der Waals surface area contributed by atoms with Crippen molar-refractivity contribution in [3.8, 4) is 0 Å². The summed E-state index contributed by atoms with van der Waals surface area (Å²) < 4.78 is 13.7. The monoisotopic (exact) mass is 462 g/mol. The van der Waals surface area contributed by atoms with E-state index < -0.39 is 11.1 Å². The smallest absolute Gasteiger partial charge is 0.257 e. The van der Waals surface area contributed by atoms with Gasteiger partial charge in [0.2, 0.25) is 5.91 Å². The van der Waals surface area contributed by atoms with Gasteiger partial charge in [0, 0.05) is 15.6 Å². The Hall–Kier alpha value is -2.54. The number of hydrogen-bond donors (Lipinski definition) is 2. The number of benzene rings is 3. The minimum Gasteiger partial charge on any atom is -0.323 e. The number of carbonyl (C=O) groups is 2. The maximum absolute atomic E-state index is 13.7. The van der Waals surface area contributed by atoms with Crippen molar-refractivity contribution in [2.45, 2.75) is 17.1 Å². The number of halogens is 3. The Morgan fingerprint density at radius 3 is 2.33 bits per heavy atom. The topological polar surface area (TPSA) is 58.2 Å². The van der Waals surface area contributed by atoms with Crippen LogP contribution in [0.4, 0.5) is 15.8 Å². The van der Waals surface area contributed by atoms with Gasteiger partial charge < -0.3 is 10.6 Å². The molecule has 1 atom stereocenters. The molecule has 0 aliphatic heterocycles. The van der Waals surface area contributed by atoms with Crippen LogP contribution in [-0.2, 0) is 4.79 Å². The molecule has 2 amide bonds. The van der Waals surface area contributed by atoms with E-state index in [0.717, 1.165) is 4.90 Å². The molecule has 3 aromatic rings. The van der Waals surface area contributed by atoms with Gasteiger partial charge in [0.1, 0.15) is 5.82 Å². The third-order valence-corrected chi connectivity index (χ3v) is 5.76. The van der Waals surface area contributed by atoms with Gasteiger partial charge in [-0.15, -0.1) is 11.8 Å². The third kappa shape index (κ3) is 5.75. The van der Waals surface area contributed by atoms with E-state index in [4.69, 9.17) is 23.2 Å². The molecular weight excluding hydrogens is 446 g/mol. The van der Waals surface area contributed by atoms with Crippen LogP contribution in [-0.4, -0.2) is 17.1 Å². The summed E-state index contributed by atoms with van der Waals surface area (Å²) in [5, 5.41) is 5.61. The molecule has 30 heavy (non-hydrogen) atoms. The first kappa shape index (κ1) is 22.2. The molecule has 8 heteroatoms. The SMILES string of the molecule is CC(Sc1ccc(NC(=O)c2ccc(Cl)cc2Cl)cc1)C(=O)Nc1ccccc1F.